The number of rotatable bonds is 5. The van der Waals surface area contributed by atoms with E-state index in [1.54, 1.807) is 11.8 Å². The summed E-state index contributed by atoms with van der Waals surface area (Å²) in [5, 5.41) is 2.72. The Labute approximate surface area is 114 Å². The van der Waals surface area contributed by atoms with E-state index in [1.807, 2.05) is 24.3 Å². The molecule has 4 heteroatoms. The average Bonchev–Trinajstić information content (AvgIpc) is 2.34. The predicted molar refractivity (Wildman–Crippen MR) is 77.2 cm³/mol. The zero-order valence-electron chi connectivity index (χ0n) is 12.1. The number of anilines is 1. The lowest BCUT2D eigenvalue weighted by Gasteiger charge is -2.25. The smallest absolute Gasteiger partial charge is 0.223 e. The molecule has 0 aliphatic heterocycles. The van der Waals surface area contributed by atoms with Crippen LogP contribution in [-0.4, -0.2) is 24.9 Å². The monoisotopic (exact) mass is 262 g/mol. The first-order valence-electron chi connectivity index (χ1n) is 6.55. The van der Waals surface area contributed by atoms with Gasteiger partial charge in [0.05, 0.1) is 0 Å². The van der Waals surface area contributed by atoms with E-state index in [-0.39, 0.29) is 11.8 Å². The Bertz CT molecular complexity index is 455. The molecule has 0 atom stereocenters. The topological polar surface area (TPSA) is 49.4 Å². The molecule has 1 aromatic carbocycles. The summed E-state index contributed by atoms with van der Waals surface area (Å²) in [5.41, 5.74) is 2.07. The second-order valence-electron chi connectivity index (χ2n) is 4.87. The summed E-state index contributed by atoms with van der Waals surface area (Å²) < 4.78 is 0. The second-order valence-corrected chi connectivity index (χ2v) is 4.87. The van der Waals surface area contributed by atoms with Gasteiger partial charge in [-0.3, -0.25) is 9.59 Å². The molecule has 2 amide bonds. The van der Waals surface area contributed by atoms with Crippen LogP contribution < -0.4 is 10.2 Å². The minimum absolute atomic E-state index is 0.0153. The fourth-order valence-electron chi connectivity index (χ4n) is 2.01. The van der Waals surface area contributed by atoms with Crippen molar-refractivity contribution in [3.05, 3.63) is 29.8 Å². The first-order valence-corrected chi connectivity index (χ1v) is 6.55. The molecule has 0 heterocycles. The van der Waals surface area contributed by atoms with E-state index in [2.05, 4.69) is 19.2 Å². The lowest BCUT2D eigenvalue weighted by atomic mass is 10.0. The second kappa shape index (κ2) is 6.92. The third-order valence-electron chi connectivity index (χ3n) is 2.94. The Morgan fingerprint density at radius 1 is 1.21 bits per heavy atom. The summed E-state index contributed by atoms with van der Waals surface area (Å²) in [5.74, 6) is 0.248. The van der Waals surface area contributed by atoms with Gasteiger partial charge in [0, 0.05) is 32.6 Å². The van der Waals surface area contributed by atoms with Gasteiger partial charge in [-0.2, -0.15) is 0 Å². The highest BCUT2D eigenvalue weighted by molar-refractivity contribution is 5.92. The molecule has 0 bridgehead atoms. The Hall–Kier alpha value is -1.84. The van der Waals surface area contributed by atoms with Crippen molar-refractivity contribution in [1.82, 2.24) is 5.32 Å². The van der Waals surface area contributed by atoms with E-state index in [1.165, 1.54) is 6.92 Å². The van der Waals surface area contributed by atoms with Crippen LogP contribution in [0.15, 0.2) is 24.3 Å². The molecular formula is C15H22N2O2. The van der Waals surface area contributed by atoms with Gasteiger partial charge in [0.1, 0.15) is 0 Å². The normalized spacial score (nSPS) is 10.4. The van der Waals surface area contributed by atoms with Crippen molar-refractivity contribution < 1.29 is 9.59 Å². The molecule has 4 nitrogen and oxygen atoms in total. The standard InChI is InChI=1S/C15H22N2O2/c1-11(2)14-7-5-6-8-15(14)17(13(4)19)10-9-16-12(3)18/h5-8,11H,9-10H2,1-4H3,(H,16,18). The van der Waals surface area contributed by atoms with Crippen LogP contribution in [0.25, 0.3) is 0 Å². The number of benzene rings is 1. The van der Waals surface area contributed by atoms with E-state index in [0.717, 1.165) is 11.3 Å². The molecule has 0 spiro atoms. The summed E-state index contributed by atoms with van der Waals surface area (Å²) in [6.45, 7) is 8.17. The number of hydrogen-bond acceptors (Lipinski definition) is 2. The number of nitrogens with one attached hydrogen (secondary N) is 1. The molecule has 1 N–H and O–H groups in total. The molecule has 0 aliphatic carbocycles. The van der Waals surface area contributed by atoms with Gasteiger partial charge in [0.2, 0.25) is 11.8 Å². The fourth-order valence-corrected chi connectivity index (χ4v) is 2.01. The van der Waals surface area contributed by atoms with Crippen molar-refractivity contribution in [1.29, 1.82) is 0 Å². The summed E-state index contributed by atoms with van der Waals surface area (Å²) in [4.78, 5) is 24.4. The van der Waals surface area contributed by atoms with Crippen LogP contribution in [0, 0.1) is 0 Å². The largest absolute Gasteiger partial charge is 0.355 e. The van der Waals surface area contributed by atoms with E-state index >= 15 is 0 Å². The molecule has 0 aliphatic rings. The van der Waals surface area contributed by atoms with Crippen LogP contribution >= 0.6 is 0 Å². The van der Waals surface area contributed by atoms with E-state index in [9.17, 15) is 9.59 Å². The first kappa shape index (κ1) is 15.2. The quantitative estimate of drug-likeness (QED) is 0.885. The Morgan fingerprint density at radius 3 is 2.37 bits per heavy atom. The molecule has 0 aromatic heterocycles. The Morgan fingerprint density at radius 2 is 1.84 bits per heavy atom. The van der Waals surface area contributed by atoms with Gasteiger partial charge in [0.15, 0.2) is 0 Å². The summed E-state index contributed by atoms with van der Waals surface area (Å²) in [6.07, 6.45) is 0. The van der Waals surface area contributed by atoms with Crippen LogP contribution in [0.3, 0.4) is 0 Å². The van der Waals surface area contributed by atoms with Crippen molar-refractivity contribution in [2.75, 3.05) is 18.0 Å². The maximum Gasteiger partial charge on any atom is 0.223 e. The van der Waals surface area contributed by atoms with Gasteiger partial charge >= 0.3 is 0 Å². The van der Waals surface area contributed by atoms with Crippen LogP contribution in [0.1, 0.15) is 39.2 Å². The van der Waals surface area contributed by atoms with E-state index in [0.29, 0.717) is 19.0 Å². The van der Waals surface area contributed by atoms with Gasteiger partial charge in [-0.1, -0.05) is 32.0 Å². The van der Waals surface area contributed by atoms with Crippen molar-refractivity contribution in [2.45, 2.75) is 33.6 Å². The Kier molecular flexibility index (Phi) is 5.55. The molecule has 0 fully saturated rings. The molecular weight excluding hydrogens is 240 g/mol. The lowest BCUT2D eigenvalue weighted by molar-refractivity contribution is -0.119. The summed E-state index contributed by atoms with van der Waals surface area (Å²) >= 11 is 0. The molecule has 104 valence electrons. The molecule has 1 aromatic rings. The minimum Gasteiger partial charge on any atom is -0.355 e. The number of nitrogens with zero attached hydrogens (tertiary/aromatic N) is 1. The fraction of sp³-hybridized carbons (Fsp3) is 0.467. The first-order chi connectivity index (χ1) is 8.93. The highest BCUT2D eigenvalue weighted by atomic mass is 16.2. The number of amides is 2. The minimum atomic E-state index is -0.0827. The third kappa shape index (κ3) is 4.39. The third-order valence-corrected chi connectivity index (χ3v) is 2.94. The van der Waals surface area contributed by atoms with Crippen molar-refractivity contribution in [2.24, 2.45) is 0 Å². The highest BCUT2D eigenvalue weighted by Gasteiger charge is 2.16. The average molecular weight is 262 g/mol. The summed E-state index contributed by atoms with van der Waals surface area (Å²) in [6, 6.07) is 7.89. The van der Waals surface area contributed by atoms with Crippen molar-refractivity contribution >= 4 is 17.5 Å². The van der Waals surface area contributed by atoms with E-state index < -0.39 is 0 Å². The van der Waals surface area contributed by atoms with Gasteiger partial charge in [-0.15, -0.1) is 0 Å². The molecule has 0 saturated heterocycles. The summed E-state index contributed by atoms with van der Waals surface area (Å²) in [7, 11) is 0. The van der Waals surface area contributed by atoms with Crippen LogP contribution in [0.2, 0.25) is 0 Å². The maximum atomic E-state index is 11.8. The maximum absolute atomic E-state index is 11.8. The van der Waals surface area contributed by atoms with Crippen molar-refractivity contribution in [3.8, 4) is 0 Å². The number of carbonyl (C=O) groups excluding carboxylic acids is 2. The molecule has 0 unspecified atom stereocenters. The van der Waals surface area contributed by atoms with E-state index in [4.69, 9.17) is 0 Å². The Balaban J connectivity index is 2.93. The van der Waals surface area contributed by atoms with Gasteiger partial charge in [-0.25, -0.2) is 0 Å². The zero-order chi connectivity index (χ0) is 14.4. The lowest BCUT2D eigenvalue weighted by Crippen LogP contribution is -2.37. The number of carbonyl (C=O) groups is 2. The van der Waals surface area contributed by atoms with Crippen LogP contribution in [0.4, 0.5) is 5.69 Å². The molecule has 0 radical (unpaired) electrons. The van der Waals surface area contributed by atoms with Crippen LogP contribution in [-0.2, 0) is 9.59 Å². The van der Waals surface area contributed by atoms with Crippen molar-refractivity contribution in [3.63, 3.8) is 0 Å². The van der Waals surface area contributed by atoms with Gasteiger partial charge < -0.3 is 10.2 Å². The molecule has 1 rings (SSSR count). The SMILES string of the molecule is CC(=O)NCCN(C(C)=O)c1ccccc1C(C)C. The number of hydrogen-bond donors (Lipinski definition) is 1. The van der Waals surface area contributed by atoms with Gasteiger partial charge in [0.25, 0.3) is 0 Å². The molecule has 19 heavy (non-hydrogen) atoms. The number of para-hydroxylation sites is 1. The predicted octanol–water partition coefficient (Wildman–Crippen LogP) is 2.30. The highest BCUT2D eigenvalue weighted by Crippen LogP contribution is 2.27. The zero-order valence-corrected chi connectivity index (χ0v) is 12.1. The van der Waals surface area contributed by atoms with Gasteiger partial charge in [-0.05, 0) is 17.5 Å². The van der Waals surface area contributed by atoms with Crippen LogP contribution in [0.5, 0.6) is 0 Å². The molecule has 0 saturated carbocycles.